The number of nitrogens with zero attached hydrogens (tertiary/aromatic N) is 1. The summed E-state index contributed by atoms with van der Waals surface area (Å²) in [6, 6.07) is 5.14. The number of carbonyl (C=O) groups excluding carboxylic acids is 2. The molecule has 3 heterocycles. The Labute approximate surface area is 166 Å². The lowest BCUT2D eigenvalue weighted by Crippen LogP contribution is -2.42. The van der Waals surface area contributed by atoms with E-state index in [2.05, 4.69) is 4.72 Å². The summed E-state index contributed by atoms with van der Waals surface area (Å²) >= 11 is 2.79. The van der Waals surface area contributed by atoms with Crippen molar-refractivity contribution in [2.24, 2.45) is 0 Å². The number of rotatable bonds is 7. The Bertz CT molecular complexity index is 905. The van der Waals surface area contributed by atoms with Crippen molar-refractivity contribution < 1.29 is 22.7 Å². The molecular weight excluding hydrogens is 408 g/mol. The predicted octanol–water partition coefficient (Wildman–Crippen LogP) is 1.99. The highest BCUT2D eigenvalue weighted by Crippen LogP contribution is 2.24. The summed E-state index contributed by atoms with van der Waals surface area (Å²) in [7, 11) is -3.61. The molecule has 27 heavy (non-hydrogen) atoms. The van der Waals surface area contributed by atoms with Crippen LogP contribution in [0.5, 0.6) is 0 Å². The Balaban J connectivity index is 1.44. The lowest BCUT2D eigenvalue weighted by atomic mass is 10.1. The first-order valence-electron chi connectivity index (χ1n) is 8.43. The highest BCUT2D eigenvalue weighted by Gasteiger charge is 2.27. The molecule has 1 unspecified atom stereocenters. The van der Waals surface area contributed by atoms with Crippen molar-refractivity contribution in [3.8, 4) is 0 Å². The Morgan fingerprint density at radius 1 is 1.30 bits per heavy atom. The van der Waals surface area contributed by atoms with Gasteiger partial charge in [0.2, 0.25) is 10.0 Å². The monoisotopic (exact) mass is 428 g/mol. The lowest BCUT2D eigenvalue weighted by Gasteiger charge is -2.29. The second kappa shape index (κ2) is 8.51. The lowest BCUT2D eigenvalue weighted by molar-refractivity contribution is -0.159. The summed E-state index contributed by atoms with van der Waals surface area (Å²) in [6.07, 6.45) is -0.229. The zero-order valence-corrected chi connectivity index (χ0v) is 17.2. The molecule has 0 radical (unpaired) electrons. The molecule has 146 valence electrons. The number of sulfonamides is 1. The minimum atomic E-state index is -3.61. The minimum absolute atomic E-state index is 0.0814. The quantitative estimate of drug-likeness (QED) is 0.681. The highest BCUT2D eigenvalue weighted by atomic mass is 32.2. The first kappa shape index (κ1) is 20.0. The molecule has 0 saturated heterocycles. The van der Waals surface area contributed by atoms with Crippen molar-refractivity contribution >= 4 is 44.6 Å². The van der Waals surface area contributed by atoms with Crippen LogP contribution in [0, 0.1) is 0 Å². The van der Waals surface area contributed by atoms with E-state index in [0.29, 0.717) is 13.1 Å². The molecule has 10 heteroatoms. The van der Waals surface area contributed by atoms with Gasteiger partial charge in [-0.05, 0) is 41.8 Å². The molecule has 0 aliphatic carbocycles. The van der Waals surface area contributed by atoms with Gasteiger partial charge in [-0.3, -0.25) is 9.59 Å². The van der Waals surface area contributed by atoms with Crippen molar-refractivity contribution in [1.29, 1.82) is 0 Å². The third-order valence-corrected chi connectivity index (χ3v) is 8.04. The van der Waals surface area contributed by atoms with Crippen molar-refractivity contribution in [2.45, 2.75) is 36.6 Å². The van der Waals surface area contributed by atoms with E-state index in [4.69, 9.17) is 4.74 Å². The van der Waals surface area contributed by atoms with Crippen LogP contribution in [-0.4, -0.2) is 44.4 Å². The molecule has 0 fully saturated rings. The molecule has 0 aromatic carbocycles. The van der Waals surface area contributed by atoms with Gasteiger partial charge in [-0.15, -0.1) is 22.7 Å². The minimum Gasteiger partial charge on any atom is -0.452 e. The van der Waals surface area contributed by atoms with Crippen LogP contribution in [0.25, 0.3) is 0 Å². The van der Waals surface area contributed by atoms with Gasteiger partial charge in [0.1, 0.15) is 4.21 Å². The predicted molar refractivity (Wildman–Crippen MR) is 103 cm³/mol. The van der Waals surface area contributed by atoms with Crippen LogP contribution >= 0.6 is 22.7 Å². The maximum atomic E-state index is 12.5. The third-order valence-electron chi connectivity index (χ3n) is 4.16. The molecule has 3 rings (SSSR count). The van der Waals surface area contributed by atoms with Gasteiger partial charge >= 0.3 is 5.97 Å². The maximum absolute atomic E-state index is 12.5. The molecule has 1 amide bonds. The van der Waals surface area contributed by atoms with Crippen LogP contribution in [0.3, 0.4) is 0 Å². The number of ether oxygens (including phenoxy) is 1. The number of nitrogens with one attached hydrogen (secondary N) is 1. The number of amides is 1. The fraction of sp³-hybridized carbons (Fsp3) is 0.412. The number of carbonyl (C=O) groups is 2. The summed E-state index contributed by atoms with van der Waals surface area (Å²) in [5.74, 6) is -0.850. The van der Waals surface area contributed by atoms with Crippen LogP contribution in [-0.2, 0) is 37.3 Å². The van der Waals surface area contributed by atoms with Crippen LogP contribution in [0.15, 0.2) is 33.2 Å². The van der Waals surface area contributed by atoms with E-state index in [1.165, 1.54) is 10.9 Å². The second-order valence-electron chi connectivity index (χ2n) is 6.09. The smallest absolute Gasteiger partial charge is 0.307 e. The molecule has 7 nitrogen and oxygen atoms in total. The number of esters is 1. The number of fused-ring (bicyclic) bond motifs is 1. The van der Waals surface area contributed by atoms with E-state index >= 15 is 0 Å². The summed E-state index contributed by atoms with van der Waals surface area (Å²) < 4.78 is 31.7. The molecule has 0 spiro atoms. The summed E-state index contributed by atoms with van der Waals surface area (Å²) in [6.45, 7) is 2.59. The van der Waals surface area contributed by atoms with Crippen molar-refractivity contribution in [3.63, 3.8) is 0 Å². The highest BCUT2D eigenvalue weighted by molar-refractivity contribution is 7.91. The van der Waals surface area contributed by atoms with E-state index in [9.17, 15) is 18.0 Å². The number of hydrogen-bond acceptors (Lipinski definition) is 7. The topological polar surface area (TPSA) is 92.8 Å². The van der Waals surface area contributed by atoms with E-state index in [1.807, 2.05) is 11.4 Å². The molecule has 2 aromatic heterocycles. The number of thiophene rings is 2. The maximum Gasteiger partial charge on any atom is 0.307 e. The fourth-order valence-electron chi connectivity index (χ4n) is 2.78. The van der Waals surface area contributed by atoms with Crippen LogP contribution in [0.1, 0.15) is 23.8 Å². The van der Waals surface area contributed by atoms with Gasteiger partial charge in [-0.25, -0.2) is 13.1 Å². The SMILES string of the molecule is CC(OC(=O)CCNS(=O)(=O)c1cccs1)C(=O)N1CCc2sccc2C1. The Hall–Kier alpha value is -1.75. The zero-order valence-electron chi connectivity index (χ0n) is 14.7. The summed E-state index contributed by atoms with van der Waals surface area (Å²) in [5.41, 5.74) is 1.14. The molecular formula is C17H20N2O5S3. The van der Waals surface area contributed by atoms with Gasteiger partial charge < -0.3 is 9.64 Å². The van der Waals surface area contributed by atoms with Crippen molar-refractivity contribution in [2.75, 3.05) is 13.1 Å². The number of hydrogen-bond donors (Lipinski definition) is 1. The van der Waals surface area contributed by atoms with Gasteiger partial charge in [0, 0.05) is 24.5 Å². The standard InChI is InChI=1S/C17H20N2O5S3/c1-12(17(21)19-8-5-14-13(11-19)6-10-25-14)24-15(20)4-7-18-27(22,23)16-3-2-9-26-16/h2-3,6,9-10,12,18H,4-5,7-8,11H2,1H3. The third kappa shape index (κ3) is 4.95. The normalized spacial score (nSPS) is 15.2. The molecule has 2 aromatic rings. The Morgan fingerprint density at radius 2 is 2.11 bits per heavy atom. The molecule has 0 bridgehead atoms. The van der Waals surface area contributed by atoms with Crippen LogP contribution in [0.4, 0.5) is 0 Å². The second-order valence-corrected chi connectivity index (χ2v) is 10.0. The van der Waals surface area contributed by atoms with E-state index in [1.54, 1.807) is 34.6 Å². The zero-order chi connectivity index (χ0) is 19.4. The van der Waals surface area contributed by atoms with Crippen LogP contribution < -0.4 is 4.72 Å². The molecule has 1 atom stereocenters. The Kier molecular flexibility index (Phi) is 6.30. The largest absolute Gasteiger partial charge is 0.452 e. The average molecular weight is 429 g/mol. The fourth-order valence-corrected chi connectivity index (χ4v) is 5.73. The van der Waals surface area contributed by atoms with Gasteiger partial charge in [-0.2, -0.15) is 0 Å². The van der Waals surface area contributed by atoms with Gasteiger partial charge in [-0.1, -0.05) is 6.07 Å². The molecule has 0 saturated carbocycles. The van der Waals surface area contributed by atoms with Gasteiger partial charge in [0.05, 0.1) is 6.42 Å². The summed E-state index contributed by atoms with van der Waals surface area (Å²) in [4.78, 5) is 27.4. The first-order valence-corrected chi connectivity index (χ1v) is 11.7. The van der Waals surface area contributed by atoms with Crippen LogP contribution in [0.2, 0.25) is 0 Å². The van der Waals surface area contributed by atoms with E-state index < -0.39 is 22.1 Å². The molecule has 1 aliphatic rings. The Morgan fingerprint density at radius 3 is 2.85 bits per heavy atom. The van der Waals surface area contributed by atoms with Crippen molar-refractivity contribution in [3.05, 3.63) is 39.4 Å². The first-order chi connectivity index (χ1) is 12.9. The van der Waals surface area contributed by atoms with Gasteiger partial charge in [0.15, 0.2) is 6.10 Å². The molecule has 1 N–H and O–H groups in total. The van der Waals surface area contributed by atoms with Gasteiger partial charge in [0.25, 0.3) is 5.91 Å². The van der Waals surface area contributed by atoms with E-state index in [-0.39, 0.29) is 23.1 Å². The van der Waals surface area contributed by atoms with E-state index in [0.717, 1.165) is 23.3 Å². The summed E-state index contributed by atoms with van der Waals surface area (Å²) in [5, 5.41) is 3.68. The van der Waals surface area contributed by atoms with Crippen molar-refractivity contribution in [1.82, 2.24) is 9.62 Å². The molecule has 1 aliphatic heterocycles. The average Bonchev–Trinajstić information content (AvgIpc) is 3.32.